The molecule has 0 spiro atoms. The SMILES string of the molecule is COC1CCCC1NCc1ccc(C)c([N+](=O)[O-])c1. The Morgan fingerprint density at radius 1 is 1.47 bits per heavy atom. The van der Waals surface area contributed by atoms with Gasteiger partial charge in [0, 0.05) is 31.3 Å². The highest BCUT2D eigenvalue weighted by molar-refractivity contribution is 5.42. The van der Waals surface area contributed by atoms with Gasteiger partial charge in [-0.3, -0.25) is 10.1 Å². The summed E-state index contributed by atoms with van der Waals surface area (Å²) >= 11 is 0. The molecule has 2 atom stereocenters. The molecule has 5 heteroatoms. The van der Waals surface area contributed by atoms with Crippen LogP contribution in [-0.2, 0) is 11.3 Å². The zero-order valence-electron chi connectivity index (χ0n) is 11.4. The number of hydrogen-bond donors (Lipinski definition) is 1. The lowest BCUT2D eigenvalue weighted by Crippen LogP contribution is -2.36. The molecule has 1 aromatic rings. The first-order chi connectivity index (χ1) is 9.11. The number of methoxy groups -OCH3 is 1. The molecule has 0 aromatic heterocycles. The van der Waals surface area contributed by atoms with Gasteiger partial charge in [-0.25, -0.2) is 0 Å². The van der Waals surface area contributed by atoms with Crippen LogP contribution in [0.1, 0.15) is 30.4 Å². The van der Waals surface area contributed by atoms with E-state index in [2.05, 4.69) is 5.32 Å². The van der Waals surface area contributed by atoms with Crippen LogP contribution in [0.4, 0.5) is 5.69 Å². The maximum absolute atomic E-state index is 10.9. The fourth-order valence-electron chi connectivity index (χ4n) is 2.65. The van der Waals surface area contributed by atoms with Gasteiger partial charge in [0.15, 0.2) is 0 Å². The van der Waals surface area contributed by atoms with Gasteiger partial charge in [-0.05, 0) is 31.7 Å². The minimum Gasteiger partial charge on any atom is -0.380 e. The second-order valence-electron chi connectivity index (χ2n) is 5.07. The van der Waals surface area contributed by atoms with Crippen LogP contribution in [0.15, 0.2) is 18.2 Å². The van der Waals surface area contributed by atoms with Crippen molar-refractivity contribution in [3.63, 3.8) is 0 Å². The van der Waals surface area contributed by atoms with Crippen molar-refractivity contribution in [3.8, 4) is 0 Å². The molecule has 5 nitrogen and oxygen atoms in total. The standard InChI is InChI=1S/C14H20N2O3/c1-10-6-7-11(8-13(10)16(17)18)9-15-12-4-3-5-14(12)19-2/h6-8,12,14-15H,3-5,9H2,1-2H3. The van der Waals surface area contributed by atoms with Crippen molar-refractivity contribution < 1.29 is 9.66 Å². The zero-order chi connectivity index (χ0) is 13.8. The fraction of sp³-hybridized carbons (Fsp3) is 0.571. The van der Waals surface area contributed by atoms with Crippen molar-refractivity contribution in [2.75, 3.05) is 7.11 Å². The van der Waals surface area contributed by atoms with Gasteiger partial charge >= 0.3 is 0 Å². The second-order valence-corrected chi connectivity index (χ2v) is 5.07. The Balaban J connectivity index is 2.00. The van der Waals surface area contributed by atoms with Crippen LogP contribution in [0.2, 0.25) is 0 Å². The van der Waals surface area contributed by atoms with Gasteiger partial charge in [-0.1, -0.05) is 12.1 Å². The topological polar surface area (TPSA) is 64.4 Å². The van der Waals surface area contributed by atoms with Crippen LogP contribution in [0.5, 0.6) is 0 Å². The minimum absolute atomic E-state index is 0.189. The van der Waals surface area contributed by atoms with Gasteiger partial charge < -0.3 is 10.1 Å². The molecule has 0 saturated heterocycles. The highest BCUT2D eigenvalue weighted by atomic mass is 16.6. The van der Waals surface area contributed by atoms with Gasteiger partial charge in [0.05, 0.1) is 11.0 Å². The van der Waals surface area contributed by atoms with E-state index in [1.54, 1.807) is 26.2 Å². The van der Waals surface area contributed by atoms with Gasteiger partial charge in [-0.15, -0.1) is 0 Å². The monoisotopic (exact) mass is 264 g/mol. The molecule has 0 amide bonds. The third kappa shape index (κ3) is 3.30. The highest BCUT2D eigenvalue weighted by Gasteiger charge is 2.26. The number of benzene rings is 1. The number of hydrogen-bond acceptors (Lipinski definition) is 4. The molecule has 1 fully saturated rings. The summed E-state index contributed by atoms with van der Waals surface area (Å²) in [5, 5.41) is 14.3. The highest BCUT2D eigenvalue weighted by Crippen LogP contribution is 2.23. The van der Waals surface area contributed by atoms with Crippen LogP contribution in [0.3, 0.4) is 0 Å². The Morgan fingerprint density at radius 3 is 2.95 bits per heavy atom. The number of nitro groups is 1. The molecular formula is C14H20N2O3. The van der Waals surface area contributed by atoms with Gasteiger partial charge in [-0.2, -0.15) is 0 Å². The number of ether oxygens (including phenoxy) is 1. The smallest absolute Gasteiger partial charge is 0.272 e. The van der Waals surface area contributed by atoms with Crippen molar-refractivity contribution in [1.29, 1.82) is 0 Å². The number of nitrogens with one attached hydrogen (secondary N) is 1. The van der Waals surface area contributed by atoms with E-state index in [1.165, 1.54) is 6.42 Å². The summed E-state index contributed by atoms with van der Waals surface area (Å²) in [7, 11) is 1.74. The molecule has 0 bridgehead atoms. The Hall–Kier alpha value is -1.46. The second kappa shape index (κ2) is 6.12. The molecule has 1 aromatic carbocycles. The molecule has 2 unspecified atom stereocenters. The number of nitro benzene ring substituents is 1. The Morgan fingerprint density at radius 2 is 2.26 bits per heavy atom. The number of rotatable bonds is 5. The largest absolute Gasteiger partial charge is 0.380 e. The van der Waals surface area contributed by atoms with Gasteiger partial charge in [0.2, 0.25) is 0 Å². The van der Waals surface area contributed by atoms with Crippen molar-refractivity contribution in [2.24, 2.45) is 0 Å². The molecule has 104 valence electrons. The van der Waals surface area contributed by atoms with Crippen LogP contribution < -0.4 is 5.32 Å². The summed E-state index contributed by atoms with van der Waals surface area (Å²) in [6, 6.07) is 5.74. The van der Waals surface area contributed by atoms with Gasteiger partial charge in [0.25, 0.3) is 5.69 Å². The molecule has 19 heavy (non-hydrogen) atoms. The Bertz CT molecular complexity index is 462. The summed E-state index contributed by atoms with van der Waals surface area (Å²) in [5.74, 6) is 0. The van der Waals surface area contributed by atoms with E-state index in [0.29, 0.717) is 18.2 Å². The predicted octanol–water partition coefficient (Wildman–Crippen LogP) is 2.56. The Kier molecular flexibility index (Phi) is 4.50. The van der Waals surface area contributed by atoms with E-state index in [9.17, 15) is 10.1 Å². The van der Waals surface area contributed by atoms with Crippen molar-refractivity contribution >= 4 is 5.69 Å². The van der Waals surface area contributed by atoms with Crippen LogP contribution >= 0.6 is 0 Å². The summed E-state index contributed by atoms with van der Waals surface area (Å²) in [5.41, 5.74) is 1.83. The molecule has 2 rings (SSSR count). The first-order valence-corrected chi connectivity index (χ1v) is 6.62. The number of aryl methyl sites for hydroxylation is 1. The summed E-state index contributed by atoms with van der Waals surface area (Å²) < 4.78 is 5.42. The number of nitrogens with zero attached hydrogens (tertiary/aromatic N) is 1. The van der Waals surface area contributed by atoms with E-state index in [1.807, 2.05) is 6.07 Å². The maximum atomic E-state index is 10.9. The fourth-order valence-corrected chi connectivity index (χ4v) is 2.65. The normalized spacial score (nSPS) is 22.6. The predicted molar refractivity (Wildman–Crippen MR) is 73.1 cm³/mol. The average molecular weight is 264 g/mol. The third-order valence-electron chi connectivity index (χ3n) is 3.79. The molecule has 0 radical (unpaired) electrons. The van der Waals surface area contributed by atoms with Crippen molar-refractivity contribution in [2.45, 2.75) is 44.9 Å². The zero-order valence-corrected chi connectivity index (χ0v) is 11.4. The van der Waals surface area contributed by atoms with Gasteiger partial charge in [0.1, 0.15) is 0 Å². The third-order valence-corrected chi connectivity index (χ3v) is 3.79. The quantitative estimate of drug-likeness (QED) is 0.655. The lowest BCUT2D eigenvalue weighted by molar-refractivity contribution is -0.385. The maximum Gasteiger partial charge on any atom is 0.272 e. The van der Waals surface area contributed by atoms with Crippen molar-refractivity contribution in [1.82, 2.24) is 5.32 Å². The molecule has 1 N–H and O–H groups in total. The summed E-state index contributed by atoms with van der Waals surface area (Å²) in [4.78, 5) is 10.6. The first kappa shape index (κ1) is 14.0. The molecule has 1 aliphatic rings. The molecule has 0 aliphatic heterocycles. The van der Waals surface area contributed by atoms with E-state index in [0.717, 1.165) is 18.4 Å². The lowest BCUT2D eigenvalue weighted by Gasteiger charge is -2.19. The average Bonchev–Trinajstić information content (AvgIpc) is 2.84. The summed E-state index contributed by atoms with van der Waals surface area (Å²) in [6.07, 6.45) is 3.62. The molecule has 0 heterocycles. The van der Waals surface area contributed by atoms with E-state index < -0.39 is 0 Å². The Labute approximate surface area is 113 Å². The minimum atomic E-state index is -0.327. The van der Waals surface area contributed by atoms with E-state index >= 15 is 0 Å². The van der Waals surface area contributed by atoms with Crippen LogP contribution in [0.25, 0.3) is 0 Å². The van der Waals surface area contributed by atoms with Crippen LogP contribution in [0, 0.1) is 17.0 Å². The summed E-state index contributed by atoms with van der Waals surface area (Å²) in [6.45, 7) is 2.40. The molecular weight excluding hydrogens is 244 g/mol. The van der Waals surface area contributed by atoms with E-state index in [-0.39, 0.29) is 16.7 Å². The lowest BCUT2D eigenvalue weighted by atomic mass is 10.1. The first-order valence-electron chi connectivity index (χ1n) is 6.62. The van der Waals surface area contributed by atoms with E-state index in [4.69, 9.17) is 4.74 Å². The van der Waals surface area contributed by atoms with Crippen LogP contribution in [-0.4, -0.2) is 24.2 Å². The molecule has 1 aliphatic carbocycles. The van der Waals surface area contributed by atoms with Crippen molar-refractivity contribution in [3.05, 3.63) is 39.4 Å². The molecule has 1 saturated carbocycles.